The highest BCUT2D eigenvalue weighted by Gasteiger charge is 2.46. The molecule has 148 valence electrons. The predicted octanol–water partition coefficient (Wildman–Crippen LogP) is 2.35. The van der Waals surface area contributed by atoms with Gasteiger partial charge in [0.1, 0.15) is 0 Å². The Kier molecular flexibility index (Phi) is 6.40. The largest absolute Gasteiger partial charge is 0.385 e. The lowest BCUT2D eigenvalue weighted by molar-refractivity contribution is 0.0992. The molecule has 0 spiro atoms. The van der Waals surface area contributed by atoms with Gasteiger partial charge in [-0.15, -0.1) is 0 Å². The number of anilines is 1. The van der Waals surface area contributed by atoms with Gasteiger partial charge in [-0.05, 0) is 68.8 Å². The molecule has 7 heteroatoms. The molecular formula is C20H30N4O2S. The first kappa shape index (κ1) is 20.1. The molecule has 1 aromatic carbocycles. The number of benzene rings is 1. The molecule has 1 aliphatic heterocycles. The number of hydrogen-bond acceptors (Lipinski definition) is 5. The molecule has 0 radical (unpaired) electrons. The lowest BCUT2D eigenvalue weighted by atomic mass is 9.92. The van der Waals surface area contributed by atoms with E-state index in [1.54, 1.807) is 18.3 Å². The molecule has 1 aliphatic carbocycles. The number of nitrogens with zero attached hydrogens (tertiary/aromatic N) is 3. The average Bonchev–Trinajstić information content (AvgIpc) is 2.94. The first-order valence-corrected chi connectivity index (χ1v) is 11.5. The Balaban J connectivity index is 1.45. The number of fused-ring (bicyclic) bond motifs is 2. The van der Waals surface area contributed by atoms with Crippen LogP contribution < -0.4 is 5.32 Å². The smallest absolute Gasteiger partial charge is 0.213 e. The summed E-state index contributed by atoms with van der Waals surface area (Å²) in [6.07, 6.45) is 3.32. The third-order valence-corrected chi connectivity index (χ3v) is 7.93. The van der Waals surface area contributed by atoms with Crippen molar-refractivity contribution in [3.63, 3.8) is 0 Å². The maximum absolute atomic E-state index is 12.3. The summed E-state index contributed by atoms with van der Waals surface area (Å²) in [6, 6.07) is 9.84. The van der Waals surface area contributed by atoms with E-state index in [0.717, 1.165) is 51.1 Å². The monoisotopic (exact) mass is 390 g/mol. The zero-order valence-corrected chi connectivity index (χ0v) is 17.1. The molecule has 27 heavy (non-hydrogen) atoms. The minimum absolute atomic E-state index is 0.183. The second-order valence-corrected chi connectivity index (χ2v) is 10.1. The van der Waals surface area contributed by atoms with E-state index in [2.05, 4.69) is 16.3 Å². The fraction of sp³-hybridized carbons (Fsp3) is 0.650. The SMILES string of the molecule is CCS(=O)(=O)N(C)C1C2CCC1CN(CCCNc1ccc(C#N)cc1)C2. The maximum atomic E-state index is 12.3. The Hall–Kier alpha value is -1.62. The van der Waals surface area contributed by atoms with E-state index in [-0.39, 0.29) is 11.8 Å². The van der Waals surface area contributed by atoms with Crippen molar-refractivity contribution in [1.82, 2.24) is 9.21 Å². The van der Waals surface area contributed by atoms with Crippen LogP contribution in [0, 0.1) is 23.2 Å². The van der Waals surface area contributed by atoms with E-state index in [1.807, 2.05) is 24.3 Å². The summed E-state index contributed by atoms with van der Waals surface area (Å²) in [4.78, 5) is 2.51. The van der Waals surface area contributed by atoms with Gasteiger partial charge in [-0.25, -0.2) is 12.7 Å². The van der Waals surface area contributed by atoms with Crippen LogP contribution in [-0.4, -0.2) is 62.6 Å². The number of likely N-dealkylation sites (tertiary alicyclic amines) is 1. The van der Waals surface area contributed by atoms with E-state index in [1.165, 1.54) is 0 Å². The van der Waals surface area contributed by atoms with Crippen LogP contribution in [0.5, 0.6) is 0 Å². The molecule has 2 atom stereocenters. The summed E-state index contributed by atoms with van der Waals surface area (Å²) in [6.45, 7) is 5.66. The number of sulfonamides is 1. The summed E-state index contributed by atoms with van der Waals surface area (Å²) in [5.74, 6) is 1.10. The first-order valence-electron chi connectivity index (χ1n) is 9.86. The van der Waals surface area contributed by atoms with Crippen LogP contribution in [-0.2, 0) is 10.0 Å². The Morgan fingerprint density at radius 1 is 1.22 bits per heavy atom. The quantitative estimate of drug-likeness (QED) is 0.690. The maximum Gasteiger partial charge on any atom is 0.213 e. The summed E-state index contributed by atoms with van der Waals surface area (Å²) >= 11 is 0. The van der Waals surface area contributed by atoms with Crippen LogP contribution >= 0.6 is 0 Å². The average molecular weight is 391 g/mol. The molecule has 2 unspecified atom stereocenters. The molecular weight excluding hydrogens is 360 g/mol. The molecule has 1 saturated carbocycles. The van der Waals surface area contributed by atoms with Gasteiger partial charge in [-0.3, -0.25) is 0 Å². The highest BCUT2D eigenvalue weighted by atomic mass is 32.2. The highest BCUT2D eigenvalue weighted by Crippen LogP contribution is 2.40. The van der Waals surface area contributed by atoms with Gasteiger partial charge in [0.05, 0.1) is 17.4 Å². The summed E-state index contributed by atoms with van der Waals surface area (Å²) in [7, 11) is -1.34. The number of nitriles is 1. The fourth-order valence-corrected chi connectivity index (χ4v) is 5.78. The van der Waals surface area contributed by atoms with Crippen LogP contribution in [0.3, 0.4) is 0 Å². The third-order valence-electron chi connectivity index (χ3n) is 6.08. The molecule has 2 fully saturated rings. The molecule has 1 saturated heterocycles. The number of nitrogens with one attached hydrogen (secondary N) is 1. The Morgan fingerprint density at radius 2 is 1.85 bits per heavy atom. The molecule has 1 heterocycles. The minimum Gasteiger partial charge on any atom is -0.385 e. The van der Waals surface area contributed by atoms with E-state index in [4.69, 9.17) is 5.26 Å². The minimum atomic E-state index is -3.11. The van der Waals surface area contributed by atoms with E-state index in [0.29, 0.717) is 17.4 Å². The van der Waals surface area contributed by atoms with Gasteiger partial charge in [-0.1, -0.05) is 0 Å². The van der Waals surface area contributed by atoms with Crippen LogP contribution in [0.25, 0.3) is 0 Å². The summed E-state index contributed by atoms with van der Waals surface area (Å²) < 4.78 is 26.2. The molecule has 0 amide bonds. The summed E-state index contributed by atoms with van der Waals surface area (Å²) in [5, 5.41) is 12.2. The highest BCUT2D eigenvalue weighted by molar-refractivity contribution is 7.89. The molecule has 0 aromatic heterocycles. The van der Waals surface area contributed by atoms with Crippen molar-refractivity contribution < 1.29 is 8.42 Å². The van der Waals surface area contributed by atoms with Gasteiger partial charge in [-0.2, -0.15) is 5.26 Å². The molecule has 2 aliphatic rings. The number of hydrogen-bond donors (Lipinski definition) is 1. The van der Waals surface area contributed by atoms with E-state index in [9.17, 15) is 8.42 Å². The topological polar surface area (TPSA) is 76.4 Å². The Bertz CT molecular complexity index is 758. The van der Waals surface area contributed by atoms with Crippen LogP contribution in [0.4, 0.5) is 5.69 Å². The molecule has 2 bridgehead atoms. The standard InChI is InChI=1S/C20H30N4O2S/c1-3-27(25,26)23(2)20-17-7-8-18(20)15-24(14-17)12-4-11-22-19-9-5-16(13-21)6-10-19/h5-6,9-10,17-18,20,22H,3-4,7-8,11-12,14-15H2,1-2H3. The van der Waals surface area contributed by atoms with Crippen molar-refractivity contribution in [3.8, 4) is 6.07 Å². The van der Waals surface area contributed by atoms with E-state index < -0.39 is 10.0 Å². The molecule has 1 N–H and O–H groups in total. The number of rotatable bonds is 8. The van der Waals surface area contributed by atoms with Gasteiger partial charge in [0.15, 0.2) is 0 Å². The lowest BCUT2D eigenvalue weighted by Gasteiger charge is -2.41. The second-order valence-electron chi connectivity index (χ2n) is 7.73. The molecule has 3 rings (SSSR count). The molecule has 6 nitrogen and oxygen atoms in total. The van der Waals surface area contributed by atoms with Crippen molar-refractivity contribution in [3.05, 3.63) is 29.8 Å². The Labute approximate surface area is 163 Å². The third kappa shape index (κ3) is 4.63. The molecule has 1 aromatic rings. The first-order chi connectivity index (χ1) is 12.9. The Morgan fingerprint density at radius 3 is 2.41 bits per heavy atom. The van der Waals surface area contributed by atoms with Gasteiger partial charge >= 0.3 is 0 Å². The fourth-order valence-electron chi connectivity index (χ4n) is 4.65. The lowest BCUT2D eigenvalue weighted by Crippen LogP contribution is -2.53. The van der Waals surface area contributed by atoms with Crippen LogP contribution in [0.15, 0.2) is 24.3 Å². The normalized spacial score (nSPS) is 25.5. The second kappa shape index (κ2) is 8.59. The summed E-state index contributed by atoms with van der Waals surface area (Å²) in [5.41, 5.74) is 1.72. The van der Waals surface area contributed by atoms with Crippen molar-refractivity contribution >= 4 is 15.7 Å². The van der Waals surface area contributed by atoms with Crippen molar-refractivity contribution in [2.75, 3.05) is 44.3 Å². The zero-order chi connectivity index (χ0) is 19.4. The van der Waals surface area contributed by atoms with Gasteiger partial charge in [0.25, 0.3) is 0 Å². The van der Waals surface area contributed by atoms with Crippen molar-refractivity contribution in [2.45, 2.75) is 32.2 Å². The van der Waals surface area contributed by atoms with E-state index >= 15 is 0 Å². The predicted molar refractivity (Wildman–Crippen MR) is 108 cm³/mol. The van der Waals surface area contributed by atoms with Gasteiger partial charge in [0.2, 0.25) is 10.0 Å². The van der Waals surface area contributed by atoms with Gasteiger partial charge < -0.3 is 10.2 Å². The zero-order valence-electron chi connectivity index (χ0n) is 16.3. The van der Waals surface area contributed by atoms with Crippen LogP contribution in [0.2, 0.25) is 0 Å². The van der Waals surface area contributed by atoms with Crippen LogP contribution in [0.1, 0.15) is 31.7 Å². The number of piperidine rings is 1. The van der Waals surface area contributed by atoms with Crippen molar-refractivity contribution in [2.24, 2.45) is 11.8 Å². The van der Waals surface area contributed by atoms with Crippen molar-refractivity contribution in [1.29, 1.82) is 5.26 Å². The van der Waals surface area contributed by atoms with Gasteiger partial charge in [0, 0.05) is 38.4 Å².